The Hall–Kier alpha value is -3.16. The van der Waals surface area contributed by atoms with Crippen LogP contribution < -0.4 is 10.0 Å². The van der Waals surface area contributed by atoms with Gasteiger partial charge in [-0.15, -0.1) is 0 Å². The molecule has 0 aliphatic rings. The number of rotatable bonds is 5. The van der Waals surface area contributed by atoms with Crippen LogP contribution in [0.25, 0.3) is 5.69 Å². The fourth-order valence-corrected chi connectivity index (χ4v) is 3.48. The van der Waals surface area contributed by atoms with Crippen LogP contribution in [0, 0.1) is 11.3 Å². The maximum Gasteiger partial charge on any atom is 0.258 e. The van der Waals surface area contributed by atoms with E-state index in [1.165, 1.54) is 16.9 Å². The summed E-state index contributed by atoms with van der Waals surface area (Å²) in [7, 11) is -3.44. The Bertz CT molecular complexity index is 1200. The monoisotopic (exact) mass is 459 g/mol. The van der Waals surface area contributed by atoms with E-state index < -0.39 is 15.9 Å². The molecule has 142 valence electrons. The summed E-state index contributed by atoms with van der Waals surface area (Å²) in [4.78, 5) is 12.5. The van der Waals surface area contributed by atoms with Crippen LogP contribution in [0.2, 0.25) is 0 Å². The second-order valence-corrected chi connectivity index (χ2v) is 8.56. The molecule has 1 amide bonds. The highest BCUT2D eigenvalue weighted by atomic mass is 79.9. The van der Waals surface area contributed by atoms with Crippen molar-refractivity contribution in [3.63, 3.8) is 0 Å². The molecule has 0 saturated heterocycles. The van der Waals surface area contributed by atoms with Crippen molar-refractivity contribution >= 4 is 43.2 Å². The number of aromatic nitrogens is 2. The quantitative estimate of drug-likeness (QED) is 0.607. The Morgan fingerprint density at radius 3 is 2.68 bits per heavy atom. The number of nitriles is 1. The highest BCUT2D eigenvalue weighted by molar-refractivity contribution is 9.10. The number of sulfonamides is 1. The van der Waals surface area contributed by atoms with Gasteiger partial charge in [0.2, 0.25) is 10.0 Å². The van der Waals surface area contributed by atoms with Gasteiger partial charge in [-0.25, -0.2) is 13.1 Å². The van der Waals surface area contributed by atoms with Crippen LogP contribution >= 0.6 is 15.9 Å². The van der Waals surface area contributed by atoms with Crippen molar-refractivity contribution in [1.82, 2.24) is 9.78 Å². The molecule has 0 unspecified atom stereocenters. The van der Waals surface area contributed by atoms with Gasteiger partial charge in [0.05, 0.1) is 41.0 Å². The summed E-state index contributed by atoms with van der Waals surface area (Å²) in [6.45, 7) is 0. The summed E-state index contributed by atoms with van der Waals surface area (Å²) in [5.74, 6) is -0.411. The van der Waals surface area contributed by atoms with Crippen LogP contribution in [0.4, 0.5) is 11.4 Å². The van der Waals surface area contributed by atoms with E-state index in [0.29, 0.717) is 32.7 Å². The van der Waals surface area contributed by atoms with Crippen LogP contribution in [0.5, 0.6) is 0 Å². The van der Waals surface area contributed by atoms with E-state index in [1.54, 1.807) is 42.6 Å². The molecule has 1 heterocycles. The third-order valence-electron chi connectivity index (χ3n) is 3.54. The Balaban J connectivity index is 1.81. The number of carbonyl (C=O) groups is 1. The molecule has 3 aromatic rings. The highest BCUT2D eigenvalue weighted by Crippen LogP contribution is 2.24. The van der Waals surface area contributed by atoms with Crippen LogP contribution in [0.3, 0.4) is 0 Å². The highest BCUT2D eigenvalue weighted by Gasteiger charge is 2.12. The number of anilines is 2. The van der Waals surface area contributed by atoms with Crippen molar-refractivity contribution in [1.29, 1.82) is 5.26 Å². The van der Waals surface area contributed by atoms with Gasteiger partial charge >= 0.3 is 0 Å². The van der Waals surface area contributed by atoms with Crippen molar-refractivity contribution in [2.75, 3.05) is 16.3 Å². The Morgan fingerprint density at radius 2 is 1.96 bits per heavy atom. The molecule has 0 radical (unpaired) electrons. The summed E-state index contributed by atoms with van der Waals surface area (Å²) in [6.07, 6.45) is 3.99. The lowest BCUT2D eigenvalue weighted by atomic mass is 10.2. The maximum atomic E-state index is 12.5. The number of amides is 1. The standard InChI is InChI=1S/C18H14BrN5O3S/c1-28(26,27)23-16-7-14(19)6-15(8-16)22-18(25)13-10-21-24(11-13)17-4-2-3-12(5-17)9-20/h2-8,10-11,23H,1H3,(H,22,25). The minimum absolute atomic E-state index is 0.306. The first-order valence-corrected chi connectivity index (χ1v) is 10.6. The molecule has 0 spiro atoms. The first kappa shape index (κ1) is 19.6. The van der Waals surface area contributed by atoms with Crippen molar-refractivity contribution < 1.29 is 13.2 Å². The predicted octanol–water partition coefficient (Wildman–Crippen LogP) is 3.13. The molecule has 10 heteroatoms. The zero-order valence-corrected chi connectivity index (χ0v) is 17.0. The molecule has 2 N–H and O–H groups in total. The molecular weight excluding hydrogens is 446 g/mol. The largest absolute Gasteiger partial charge is 0.322 e. The van der Waals surface area contributed by atoms with Gasteiger partial charge in [0, 0.05) is 16.4 Å². The zero-order chi connectivity index (χ0) is 20.3. The number of nitrogens with one attached hydrogen (secondary N) is 2. The molecule has 0 atom stereocenters. The van der Waals surface area contributed by atoms with Gasteiger partial charge in [-0.3, -0.25) is 9.52 Å². The Labute approximate surface area is 170 Å². The van der Waals surface area contributed by atoms with Crippen molar-refractivity contribution in [3.8, 4) is 11.8 Å². The smallest absolute Gasteiger partial charge is 0.258 e. The molecule has 0 aliphatic carbocycles. The van der Waals surface area contributed by atoms with Crippen molar-refractivity contribution in [2.45, 2.75) is 0 Å². The lowest BCUT2D eigenvalue weighted by molar-refractivity contribution is 0.102. The Morgan fingerprint density at radius 1 is 1.21 bits per heavy atom. The summed E-state index contributed by atoms with van der Waals surface area (Å²) in [5, 5.41) is 15.8. The molecule has 0 bridgehead atoms. The summed E-state index contributed by atoms with van der Waals surface area (Å²) >= 11 is 3.29. The molecule has 1 aromatic heterocycles. The van der Waals surface area contributed by atoms with Gasteiger partial charge in [-0.1, -0.05) is 22.0 Å². The van der Waals surface area contributed by atoms with Gasteiger partial charge in [0.25, 0.3) is 5.91 Å². The summed E-state index contributed by atoms with van der Waals surface area (Å²) < 4.78 is 27.3. The Kier molecular flexibility index (Phi) is 5.48. The molecule has 3 rings (SSSR count). The second kappa shape index (κ2) is 7.84. The van der Waals surface area contributed by atoms with Gasteiger partial charge < -0.3 is 5.32 Å². The number of halogens is 1. The summed E-state index contributed by atoms with van der Waals surface area (Å²) in [5.41, 5.74) is 2.17. The number of carbonyl (C=O) groups excluding carboxylic acids is 1. The van der Waals surface area contributed by atoms with Crippen molar-refractivity contribution in [2.24, 2.45) is 0 Å². The minimum atomic E-state index is -3.44. The van der Waals surface area contributed by atoms with E-state index in [4.69, 9.17) is 5.26 Å². The summed E-state index contributed by atoms with van der Waals surface area (Å²) in [6, 6.07) is 13.6. The van der Waals surface area contributed by atoms with E-state index in [1.807, 2.05) is 0 Å². The van der Waals surface area contributed by atoms with Gasteiger partial charge in [0.15, 0.2) is 0 Å². The number of hydrogen-bond acceptors (Lipinski definition) is 5. The van der Waals surface area contributed by atoms with Crippen molar-refractivity contribution in [3.05, 3.63) is 70.5 Å². The third kappa shape index (κ3) is 4.97. The lowest BCUT2D eigenvalue weighted by Crippen LogP contribution is -2.13. The van der Waals surface area contributed by atoms with E-state index in [9.17, 15) is 13.2 Å². The van der Waals surface area contributed by atoms with E-state index >= 15 is 0 Å². The maximum absolute atomic E-state index is 12.5. The number of nitrogens with zero attached hydrogens (tertiary/aromatic N) is 3. The van der Waals surface area contributed by atoms with Crippen LogP contribution in [-0.2, 0) is 10.0 Å². The van der Waals surface area contributed by atoms with Crippen LogP contribution in [-0.4, -0.2) is 30.4 Å². The van der Waals surface area contributed by atoms with Crippen LogP contribution in [0.15, 0.2) is 59.3 Å². The SMILES string of the molecule is CS(=O)(=O)Nc1cc(Br)cc(NC(=O)c2cnn(-c3cccc(C#N)c3)c2)c1. The second-order valence-electron chi connectivity index (χ2n) is 5.89. The molecular formula is C18H14BrN5O3S. The minimum Gasteiger partial charge on any atom is -0.322 e. The topological polar surface area (TPSA) is 117 Å². The van der Waals surface area contributed by atoms with E-state index in [-0.39, 0.29) is 0 Å². The zero-order valence-electron chi connectivity index (χ0n) is 14.5. The molecule has 28 heavy (non-hydrogen) atoms. The average molecular weight is 460 g/mol. The average Bonchev–Trinajstić information content (AvgIpc) is 3.10. The molecule has 2 aromatic carbocycles. The van der Waals surface area contributed by atoms with Gasteiger partial charge in [-0.05, 0) is 36.4 Å². The molecule has 0 saturated carbocycles. The molecule has 0 fully saturated rings. The lowest BCUT2D eigenvalue weighted by Gasteiger charge is -2.09. The number of hydrogen-bond donors (Lipinski definition) is 2. The van der Waals surface area contributed by atoms with Gasteiger partial charge in [-0.2, -0.15) is 10.4 Å². The predicted molar refractivity (Wildman–Crippen MR) is 109 cm³/mol. The fraction of sp³-hybridized carbons (Fsp3) is 0.0556. The van der Waals surface area contributed by atoms with E-state index in [0.717, 1.165) is 6.26 Å². The van der Waals surface area contributed by atoms with Gasteiger partial charge in [0.1, 0.15) is 0 Å². The molecule has 8 nitrogen and oxygen atoms in total. The normalized spacial score (nSPS) is 10.9. The van der Waals surface area contributed by atoms with Crippen LogP contribution in [0.1, 0.15) is 15.9 Å². The van der Waals surface area contributed by atoms with E-state index in [2.05, 4.69) is 37.1 Å². The first-order chi connectivity index (χ1) is 13.2. The third-order valence-corrected chi connectivity index (χ3v) is 4.61. The first-order valence-electron chi connectivity index (χ1n) is 7.88. The number of benzene rings is 2. The molecule has 0 aliphatic heterocycles. The fourth-order valence-electron chi connectivity index (χ4n) is 2.44.